The number of alkyl halides is 2. The molecule has 1 N–H and O–H groups in total. The molecule has 1 aromatic carbocycles. The minimum atomic E-state index is -2.85. The van der Waals surface area contributed by atoms with E-state index in [9.17, 15) is 13.6 Å². The molecular formula is C15H20F2N2O2. The molecule has 21 heavy (non-hydrogen) atoms. The van der Waals surface area contributed by atoms with Crippen LogP contribution in [0.2, 0.25) is 0 Å². The lowest BCUT2D eigenvalue weighted by molar-refractivity contribution is -0.0498. The van der Waals surface area contributed by atoms with E-state index in [2.05, 4.69) is 17.0 Å². The molecule has 6 heteroatoms. The van der Waals surface area contributed by atoms with E-state index in [0.717, 1.165) is 6.42 Å². The van der Waals surface area contributed by atoms with E-state index in [1.165, 1.54) is 24.3 Å². The van der Waals surface area contributed by atoms with Crippen LogP contribution in [-0.4, -0.2) is 43.6 Å². The standard InChI is InChI=1S/C15H20F2N2O2/c1-10-9-19(8-7-13(10)18-2)14(20)11-3-5-12(6-4-11)21-15(16)17/h3-6,10,13,15,18H,7-9H2,1-2H3. The number of halogens is 2. The van der Waals surface area contributed by atoms with E-state index in [1.807, 2.05) is 11.9 Å². The third-order valence-electron chi connectivity index (χ3n) is 3.89. The number of likely N-dealkylation sites (tertiary alicyclic amines) is 1. The number of amides is 1. The van der Waals surface area contributed by atoms with E-state index in [0.29, 0.717) is 30.6 Å². The van der Waals surface area contributed by atoms with Gasteiger partial charge in [-0.25, -0.2) is 0 Å². The van der Waals surface area contributed by atoms with Gasteiger partial charge in [-0.3, -0.25) is 4.79 Å². The van der Waals surface area contributed by atoms with Gasteiger partial charge >= 0.3 is 6.61 Å². The Morgan fingerprint density at radius 2 is 2.05 bits per heavy atom. The summed E-state index contributed by atoms with van der Waals surface area (Å²) in [5.74, 6) is 0.373. The molecule has 2 atom stereocenters. The van der Waals surface area contributed by atoms with Crippen molar-refractivity contribution in [3.05, 3.63) is 29.8 Å². The maximum atomic E-state index is 12.4. The van der Waals surface area contributed by atoms with E-state index in [-0.39, 0.29) is 11.7 Å². The van der Waals surface area contributed by atoms with Gasteiger partial charge in [-0.05, 0) is 43.7 Å². The SMILES string of the molecule is CNC1CCN(C(=O)c2ccc(OC(F)F)cc2)CC1C. The van der Waals surface area contributed by atoms with Crippen molar-refractivity contribution in [2.24, 2.45) is 5.92 Å². The highest BCUT2D eigenvalue weighted by Crippen LogP contribution is 2.20. The van der Waals surface area contributed by atoms with Crippen LogP contribution in [0, 0.1) is 5.92 Å². The molecule has 1 amide bonds. The minimum Gasteiger partial charge on any atom is -0.435 e. The fraction of sp³-hybridized carbons (Fsp3) is 0.533. The first-order chi connectivity index (χ1) is 10.0. The molecule has 0 radical (unpaired) electrons. The van der Waals surface area contributed by atoms with Gasteiger partial charge in [0.1, 0.15) is 5.75 Å². The van der Waals surface area contributed by atoms with Gasteiger partial charge in [-0.1, -0.05) is 6.92 Å². The van der Waals surface area contributed by atoms with E-state index in [4.69, 9.17) is 0 Å². The maximum Gasteiger partial charge on any atom is 0.387 e. The fourth-order valence-electron chi connectivity index (χ4n) is 2.72. The average molecular weight is 298 g/mol. The lowest BCUT2D eigenvalue weighted by Gasteiger charge is -2.36. The van der Waals surface area contributed by atoms with Crippen molar-refractivity contribution in [1.29, 1.82) is 0 Å². The smallest absolute Gasteiger partial charge is 0.387 e. The normalized spacial score (nSPS) is 22.4. The average Bonchev–Trinajstić information content (AvgIpc) is 2.46. The number of benzene rings is 1. The van der Waals surface area contributed by atoms with E-state index < -0.39 is 6.61 Å². The Labute approximate surface area is 123 Å². The van der Waals surface area contributed by atoms with Crippen LogP contribution in [0.1, 0.15) is 23.7 Å². The summed E-state index contributed by atoms with van der Waals surface area (Å²) in [4.78, 5) is 14.2. The predicted octanol–water partition coefficient (Wildman–Crippen LogP) is 2.36. The van der Waals surface area contributed by atoms with Crippen LogP contribution in [0.15, 0.2) is 24.3 Å². The number of nitrogens with zero attached hydrogens (tertiary/aromatic N) is 1. The fourth-order valence-corrected chi connectivity index (χ4v) is 2.72. The highest BCUT2D eigenvalue weighted by atomic mass is 19.3. The summed E-state index contributed by atoms with van der Waals surface area (Å²) >= 11 is 0. The highest BCUT2D eigenvalue weighted by molar-refractivity contribution is 5.94. The molecule has 4 nitrogen and oxygen atoms in total. The van der Waals surface area contributed by atoms with Crippen LogP contribution >= 0.6 is 0 Å². The number of carbonyl (C=O) groups is 1. The Kier molecular flexibility index (Phi) is 5.12. The van der Waals surface area contributed by atoms with Crippen molar-refractivity contribution in [3.63, 3.8) is 0 Å². The zero-order valence-electron chi connectivity index (χ0n) is 12.2. The Hall–Kier alpha value is -1.69. The summed E-state index contributed by atoms with van der Waals surface area (Å²) in [6.07, 6.45) is 0.913. The Bertz CT molecular complexity index is 479. The summed E-state index contributed by atoms with van der Waals surface area (Å²) in [6, 6.07) is 6.26. The summed E-state index contributed by atoms with van der Waals surface area (Å²) in [7, 11) is 1.93. The van der Waals surface area contributed by atoms with Crippen molar-refractivity contribution in [1.82, 2.24) is 10.2 Å². The van der Waals surface area contributed by atoms with Gasteiger partial charge < -0.3 is 15.0 Å². The van der Waals surface area contributed by atoms with Gasteiger partial charge in [-0.15, -0.1) is 0 Å². The molecule has 0 spiro atoms. The Balaban J connectivity index is 2.00. The lowest BCUT2D eigenvalue weighted by atomic mass is 9.93. The van der Waals surface area contributed by atoms with Crippen molar-refractivity contribution < 1.29 is 18.3 Å². The number of rotatable bonds is 4. The van der Waals surface area contributed by atoms with Gasteiger partial charge in [0.25, 0.3) is 5.91 Å². The van der Waals surface area contributed by atoms with Crippen molar-refractivity contribution in [3.8, 4) is 5.75 Å². The predicted molar refractivity (Wildman–Crippen MR) is 75.6 cm³/mol. The monoisotopic (exact) mass is 298 g/mol. The number of carbonyl (C=O) groups excluding carboxylic acids is 1. The Morgan fingerprint density at radius 3 is 2.57 bits per heavy atom. The second-order valence-electron chi connectivity index (χ2n) is 5.32. The van der Waals surface area contributed by atoms with Gasteiger partial charge in [0, 0.05) is 24.7 Å². The molecule has 1 aliphatic rings. The topological polar surface area (TPSA) is 41.6 Å². The van der Waals surface area contributed by atoms with Crippen molar-refractivity contribution >= 4 is 5.91 Å². The largest absolute Gasteiger partial charge is 0.435 e. The molecule has 2 rings (SSSR count). The van der Waals surface area contributed by atoms with Crippen LogP contribution in [0.25, 0.3) is 0 Å². The van der Waals surface area contributed by atoms with Crippen LogP contribution in [0.3, 0.4) is 0 Å². The van der Waals surface area contributed by atoms with Crippen LogP contribution < -0.4 is 10.1 Å². The van der Waals surface area contributed by atoms with E-state index in [1.54, 1.807) is 0 Å². The van der Waals surface area contributed by atoms with Crippen LogP contribution in [0.4, 0.5) is 8.78 Å². The van der Waals surface area contributed by atoms with Crippen LogP contribution in [-0.2, 0) is 0 Å². The first-order valence-corrected chi connectivity index (χ1v) is 7.02. The maximum absolute atomic E-state index is 12.4. The molecule has 116 valence electrons. The number of ether oxygens (including phenoxy) is 1. The highest BCUT2D eigenvalue weighted by Gasteiger charge is 2.28. The summed E-state index contributed by atoms with van der Waals surface area (Å²) in [5.41, 5.74) is 0.492. The lowest BCUT2D eigenvalue weighted by Crippen LogP contribution is -2.49. The van der Waals surface area contributed by atoms with Gasteiger partial charge in [0.15, 0.2) is 0 Å². The molecule has 1 aliphatic heterocycles. The molecule has 1 aromatic rings. The first kappa shape index (κ1) is 15.7. The van der Waals surface area contributed by atoms with Gasteiger partial charge in [0.2, 0.25) is 0 Å². The number of nitrogens with one attached hydrogen (secondary N) is 1. The molecule has 0 bridgehead atoms. The number of hydrogen-bond donors (Lipinski definition) is 1. The molecule has 0 saturated carbocycles. The number of piperidine rings is 1. The molecular weight excluding hydrogens is 278 g/mol. The number of hydrogen-bond acceptors (Lipinski definition) is 3. The van der Waals surface area contributed by atoms with Crippen LogP contribution in [0.5, 0.6) is 5.75 Å². The van der Waals surface area contributed by atoms with Crippen molar-refractivity contribution in [2.75, 3.05) is 20.1 Å². The quantitative estimate of drug-likeness (QED) is 0.928. The van der Waals surface area contributed by atoms with Gasteiger partial charge in [0.05, 0.1) is 0 Å². The van der Waals surface area contributed by atoms with E-state index >= 15 is 0 Å². The summed E-state index contributed by atoms with van der Waals surface area (Å²) in [5, 5.41) is 3.25. The minimum absolute atomic E-state index is 0.0591. The summed E-state index contributed by atoms with van der Waals surface area (Å²) < 4.78 is 28.4. The second kappa shape index (κ2) is 6.85. The zero-order chi connectivity index (χ0) is 15.4. The summed E-state index contributed by atoms with van der Waals surface area (Å²) in [6.45, 7) is 0.650. The Morgan fingerprint density at radius 1 is 1.38 bits per heavy atom. The third-order valence-corrected chi connectivity index (χ3v) is 3.89. The molecule has 0 aliphatic carbocycles. The molecule has 2 unspecified atom stereocenters. The van der Waals surface area contributed by atoms with Gasteiger partial charge in [-0.2, -0.15) is 8.78 Å². The molecule has 0 aromatic heterocycles. The first-order valence-electron chi connectivity index (χ1n) is 7.02. The molecule has 1 saturated heterocycles. The van der Waals surface area contributed by atoms with Crippen molar-refractivity contribution in [2.45, 2.75) is 26.0 Å². The molecule has 1 heterocycles. The second-order valence-corrected chi connectivity index (χ2v) is 5.32. The molecule has 1 fully saturated rings. The third kappa shape index (κ3) is 3.91. The zero-order valence-corrected chi connectivity index (χ0v) is 12.2.